The quantitative estimate of drug-likeness (QED) is 0.786. The van der Waals surface area contributed by atoms with Gasteiger partial charge < -0.3 is 20.9 Å². The summed E-state index contributed by atoms with van der Waals surface area (Å²) in [6.07, 6.45) is 1.44. The maximum absolute atomic E-state index is 10.8. The number of ether oxygens (including phenoxy) is 2. The first-order valence-corrected chi connectivity index (χ1v) is 8.49. The van der Waals surface area contributed by atoms with Crippen molar-refractivity contribution in [1.82, 2.24) is 9.97 Å². The van der Waals surface area contributed by atoms with Crippen LogP contribution in [0.3, 0.4) is 0 Å². The molecule has 0 fully saturated rings. The van der Waals surface area contributed by atoms with Gasteiger partial charge in [-0.05, 0) is 56.0 Å². The Hall–Kier alpha value is -2.67. The highest BCUT2D eigenvalue weighted by atomic mass is 16.6. The molecular formula is C19H26N4O3. The smallest absolute Gasteiger partial charge is 0.412 e. The number of aryl methyl sites for hydroxylation is 1. The predicted octanol–water partition coefficient (Wildman–Crippen LogP) is 3.05. The molecule has 1 heterocycles. The first kappa shape index (κ1) is 19.7. The maximum Gasteiger partial charge on any atom is 0.412 e. The summed E-state index contributed by atoms with van der Waals surface area (Å²) in [6.45, 7) is 8.68. The van der Waals surface area contributed by atoms with Gasteiger partial charge in [0, 0.05) is 17.3 Å². The number of hydrogen-bond donors (Lipinski definition) is 2. The third-order valence-electron chi connectivity index (χ3n) is 3.73. The number of nitrogens with zero attached hydrogens (tertiary/aromatic N) is 2. The summed E-state index contributed by atoms with van der Waals surface area (Å²) in [5, 5.41) is 0. The molecule has 0 aliphatic heterocycles. The number of benzene rings is 1. The van der Waals surface area contributed by atoms with Crippen LogP contribution in [0, 0.1) is 12.8 Å². The van der Waals surface area contributed by atoms with E-state index in [0.717, 1.165) is 23.3 Å². The van der Waals surface area contributed by atoms with E-state index in [1.165, 1.54) is 6.20 Å². The Kier molecular flexibility index (Phi) is 6.15. The molecule has 4 N–H and O–H groups in total. The minimum atomic E-state index is -0.951. The van der Waals surface area contributed by atoms with Crippen molar-refractivity contribution >= 4 is 6.09 Å². The Bertz CT molecular complexity index is 775. The third-order valence-corrected chi connectivity index (χ3v) is 3.73. The van der Waals surface area contributed by atoms with Gasteiger partial charge in [-0.1, -0.05) is 13.8 Å². The second-order valence-electron chi connectivity index (χ2n) is 7.17. The molecule has 1 atom stereocenters. The zero-order valence-electron chi connectivity index (χ0n) is 15.7. The summed E-state index contributed by atoms with van der Waals surface area (Å²) in [5.74, 6) is 1.28. The molecule has 1 amide bonds. The van der Waals surface area contributed by atoms with E-state index in [9.17, 15) is 4.79 Å². The molecule has 2 aromatic rings. The van der Waals surface area contributed by atoms with E-state index in [1.54, 1.807) is 6.07 Å². The molecule has 1 aromatic carbocycles. The summed E-state index contributed by atoms with van der Waals surface area (Å²) >= 11 is 0. The van der Waals surface area contributed by atoms with Crippen molar-refractivity contribution in [2.24, 2.45) is 17.4 Å². The number of hydrogen-bond acceptors (Lipinski definition) is 6. The lowest BCUT2D eigenvalue weighted by Gasteiger charge is -2.27. The Balaban J connectivity index is 2.13. The van der Waals surface area contributed by atoms with Crippen LogP contribution < -0.4 is 20.9 Å². The highest BCUT2D eigenvalue weighted by Gasteiger charge is 2.21. The molecule has 26 heavy (non-hydrogen) atoms. The molecule has 0 radical (unpaired) electrons. The fraction of sp³-hybridized carbons (Fsp3) is 0.421. The zero-order chi connectivity index (χ0) is 19.3. The summed E-state index contributed by atoms with van der Waals surface area (Å²) in [7, 11) is 0. The molecular weight excluding hydrogens is 332 g/mol. The van der Waals surface area contributed by atoms with E-state index < -0.39 is 6.09 Å². The van der Waals surface area contributed by atoms with Gasteiger partial charge in [-0.15, -0.1) is 0 Å². The van der Waals surface area contributed by atoms with Gasteiger partial charge in [-0.2, -0.15) is 4.98 Å². The summed E-state index contributed by atoms with van der Waals surface area (Å²) in [4.78, 5) is 18.9. The van der Waals surface area contributed by atoms with Crippen LogP contribution in [0.4, 0.5) is 4.79 Å². The second-order valence-corrected chi connectivity index (χ2v) is 7.17. The number of carbonyl (C=O) groups excluding carboxylic acids is 1. The van der Waals surface area contributed by atoms with Crippen molar-refractivity contribution in [2.75, 3.05) is 6.61 Å². The molecule has 0 aliphatic rings. The number of aromatic nitrogens is 2. The van der Waals surface area contributed by atoms with Crippen molar-refractivity contribution in [2.45, 2.75) is 39.7 Å². The van der Waals surface area contributed by atoms with Gasteiger partial charge in [0.15, 0.2) is 0 Å². The number of nitrogens with two attached hydrogens (primary N) is 2. The molecule has 7 nitrogen and oxygen atoms in total. The highest BCUT2D eigenvalue weighted by molar-refractivity contribution is 5.67. The van der Waals surface area contributed by atoms with Gasteiger partial charge in [0.2, 0.25) is 0 Å². The fourth-order valence-electron chi connectivity index (χ4n) is 2.85. The molecule has 0 saturated carbocycles. The minimum Gasteiger partial charge on any atom is -0.491 e. The summed E-state index contributed by atoms with van der Waals surface area (Å²) in [5.41, 5.74) is 13.3. The SMILES string of the molecule is Cc1cc(-c2ccnc(OC(N)=O)n2)ccc1OC[C@@](C)(N)CC(C)C. The van der Waals surface area contributed by atoms with Gasteiger partial charge in [0.1, 0.15) is 12.4 Å². The van der Waals surface area contributed by atoms with Crippen molar-refractivity contribution in [3.63, 3.8) is 0 Å². The lowest BCUT2D eigenvalue weighted by atomic mass is 9.93. The van der Waals surface area contributed by atoms with Crippen LogP contribution in [0.2, 0.25) is 0 Å². The predicted molar refractivity (Wildman–Crippen MR) is 100.0 cm³/mol. The van der Waals surface area contributed by atoms with Gasteiger partial charge in [0.25, 0.3) is 0 Å². The molecule has 0 saturated heterocycles. The Morgan fingerprint density at radius 2 is 2.04 bits per heavy atom. The van der Waals surface area contributed by atoms with Gasteiger partial charge in [-0.3, -0.25) is 0 Å². The van der Waals surface area contributed by atoms with Gasteiger partial charge in [0.05, 0.1) is 5.69 Å². The van der Waals surface area contributed by atoms with Crippen molar-refractivity contribution in [3.8, 4) is 23.0 Å². The van der Waals surface area contributed by atoms with Crippen LogP contribution in [-0.4, -0.2) is 28.2 Å². The minimum absolute atomic E-state index is 0.0828. The monoisotopic (exact) mass is 358 g/mol. The first-order chi connectivity index (χ1) is 12.2. The van der Waals surface area contributed by atoms with Gasteiger partial charge in [-0.25, -0.2) is 9.78 Å². The molecule has 1 aromatic heterocycles. The first-order valence-electron chi connectivity index (χ1n) is 8.49. The topological polar surface area (TPSA) is 113 Å². The van der Waals surface area contributed by atoms with E-state index in [0.29, 0.717) is 18.2 Å². The van der Waals surface area contributed by atoms with E-state index in [2.05, 4.69) is 23.8 Å². The Morgan fingerprint density at radius 1 is 1.31 bits per heavy atom. The fourth-order valence-corrected chi connectivity index (χ4v) is 2.85. The average Bonchev–Trinajstić information content (AvgIpc) is 2.52. The molecule has 0 aliphatic carbocycles. The summed E-state index contributed by atoms with van der Waals surface area (Å²) in [6, 6.07) is 7.35. The lowest BCUT2D eigenvalue weighted by molar-refractivity contribution is 0.206. The third kappa shape index (κ3) is 5.70. The van der Waals surface area contributed by atoms with Crippen LogP contribution in [0.1, 0.15) is 32.8 Å². The van der Waals surface area contributed by atoms with Crippen LogP contribution in [0.15, 0.2) is 30.5 Å². The van der Waals surface area contributed by atoms with Gasteiger partial charge >= 0.3 is 12.1 Å². The van der Waals surface area contributed by atoms with Crippen molar-refractivity contribution < 1.29 is 14.3 Å². The Labute approximate surface area is 153 Å². The standard InChI is InChI=1S/C19H26N4O3/c1-12(2)10-19(4,21)11-25-16-6-5-14(9-13(16)3)15-7-8-22-18(23-15)26-17(20)24/h5-9,12H,10-11,21H2,1-4H3,(H2,20,24)/t19-/m0/s1. The summed E-state index contributed by atoms with van der Waals surface area (Å²) < 4.78 is 10.6. The van der Waals surface area contributed by atoms with Crippen LogP contribution in [0.25, 0.3) is 11.3 Å². The van der Waals surface area contributed by atoms with E-state index >= 15 is 0 Å². The lowest BCUT2D eigenvalue weighted by Crippen LogP contribution is -2.43. The van der Waals surface area contributed by atoms with E-state index in [1.807, 2.05) is 32.0 Å². The van der Waals surface area contributed by atoms with E-state index in [-0.39, 0.29) is 11.5 Å². The number of amides is 1. The largest absolute Gasteiger partial charge is 0.491 e. The second kappa shape index (κ2) is 8.14. The average molecular weight is 358 g/mol. The molecule has 2 rings (SSSR count). The van der Waals surface area contributed by atoms with Crippen LogP contribution >= 0.6 is 0 Å². The van der Waals surface area contributed by atoms with E-state index in [4.69, 9.17) is 20.9 Å². The number of rotatable bonds is 7. The molecule has 7 heteroatoms. The Morgan fingerprint density at radius 3 is 2.65 bits per heavy atom. The molecule has 0 bridgehead atoms. The van der Waals surface area contributed by atoms with Crippen LogP contribution in [-0.2, 0) is 0 Å². The zero-order valence-corrected chi connectivity index (χ0v) is 15.7. The van der Waals surface area contributed by atoms with Crippen molar-refractivity contribution in [1.29, 1.82) is 0 Å². The number of carbonyl (C=O) groups is 1. The van der Waals surface area contributed by atoms with Crippen molar-refractivity contribution in [3.05, 3.63) is 36.0 Å². The normalized spacial score (nSPS) is 13.3. The molecule has 0 unspecified atom stereocenters. The highest BCUT2D eigenvalue weighted by Crippen LogP contribution is 2.26. The molecule has 0 spiro atoms. The number of primary amides is 1. The molecule has 140 valence electrons. The maximum atomic E-state index is 10.8. The van der Waals surface area contributed by atoms with Crippen LogP contribution in [0.5, 0.6) is 11.8 Å².